The zero-order valence-corrected chi connectivity index (χ0v) is 17.7. The fourth-order valence-electron chi connectivity index (χ4n) is 2.80. The highest BCUT2D eigenvalue weighted by Gasteiger charge is 2.20. The molecule has 0 radical (unpaired) electrons. The van der Waals surface area contributed by atoms with Gasteiger partial charge in [-0.25, -0.2) is 21.6 Å². The summed E-state index contributed by atoms with van der Waals surface area (Å²) >= 11 is 0. The maximum Gasteiger partial charge on any atom is 0.241 e. The fraction of sp³-hybridized carbons (Fsp3) is 0.158. The molecule has 0 fully saturated rings. The highest BCUT2D eigenvalue weighted by Crippen LogP contribution is 2.40. The van der Waals surface area contributed by atoms with E-state index < -0.39 is 19.9 Å². The summed E-state index contributed by atoms with van der Waals surface area (Å²) in [5.74, 6) is -0.789. The van der Waals surface area contributed by atoms with Crippen molar-refractivity contribution in [2.45, 2.75) is 16.7 Å². The van der Waals surface area contributed by atoms with Gasteiger partial charge in [0.25, 0.3) is 0 Å². The van der Waals surface area contributed by atoms with Crippen molar-refractivity contribution < 1.29 is 27.0 Å². The standard InChI is InChI=1S/C19H19N3O6S2/c1-3-29(25,26)13-8-10-15(23)14(11-13)21-22-19-16(24)9-7-12-5-4-6-17(18(12)19)30(27,28)20-2/h4-11,20,23-24H,3H2,1-2H3. The van der Waals surface area contributed by atoms with Crippen LogP contribution < -0.4 is 4.72 Å². The number of fused-ring (bicyclic) bond motifs is 1. The van der Waals surface area contributed by atoms with Crippen molar-refractivity contribution in [1.82, 2.24) is 4.72 Å². The molecule has 0 unspecified atom stereocenters. The summed E-state index contributed by atoms with van der Waals surface area (Å²) in [6, 6.07) is 11.0. The first-order chi connectivity index (χ1) is 14.1. The lowest BCUT2D eigenvalue weighted by Gasteiger charge is -2.10. The van der Waals surface area contributed by atoms with E-state index in [2.05, 4.69) is 15.0 Å². The number of hydrogen-bond acceptors (Lipinski definition) is 8. The van der Waals surface area contributed by atoms with Crippen molar-refractivity contribution in [2.75, 3.05) is 12.8 Å². The van der Waals surface area contributed by atoms with Gasteiger partial charge < -0.3 is 10.2 Å². The van der Waals surface area contributed by atoms with E-state index in [4.69, 9.17) is 0 Å². The number of rotatable bonds is 6. The zero-order chi connectivity index (χ0) is 22.1. The van der Waals surface area contributed by atoms with Crippen molar-refractivity contribution >= 4 is 42.0 Å². The van der Waals surface area contributed by atoms with Crippen LogP contribution in [0, 0.1) is 0 Å². The molecular formula is C19H19N3O6S2. The second-order valence-corrected chi connectivity index (χ2v) is 10.4. The van der Waals surface area contributed by atoms with Crippen LogP contribution in [0.2, 0.25) is 0 Å². The van der Waals surface area contributed by atoms with Crippen molar-refractivity contribution in [3.05, 3.63) is 48.5 Å². The maximum atomic E-state index is 12.4. The van der Waals surface area contributed by atoms with Gasteiger partial charge in [-0.3, -0.25) is 0 Å². The van der Waals surface area contributed by atoms with Crippen LogP contribution >= 0.6 is 0 Å². The second-order valence-electron chi connectivity index (χ2n) is 6.25. The van der Waals surface area contributed by atoms with Crippen molar-refractivity contribution in [2.24, 2.45) is 10.2 Å². The molecule has 0 aliphatic carbocycles. The van der Waals surface area contributed by atoms with Gasteiger partial charge in [-0.1, -0.05) is 25.1 Å². The SMILES string of the molecule is CCS(=O)(=O)c1ccc(O)c(N=Nc2c(O)ccc3cccc(S(=O)(=O)NC)c23)c1. The highest BCUT2D eigenvalue weighted by molar-refractivity contribution is 7.91. The predicted molar refractivity (Wildman–Crippen MR) is 112 cm³/mol. The van der Waals surface area contributed by atoms with Gasteiger partial charge in [-0.05, 0) is 42.8 Å². The molecule has 0 heterocycles. The fourth-order valence-corrected chi connectivity index (χ4v) is 4.66. The molecule has 11 heteroatoms. The Morgan fingerprint density at radius 2 is 1.63 bits per heavy atom. The maximum absolute atomic E-state index is 12.4. The molecule has 0 saturated carbocycles. The van der Waals surface area contributed by atoms with Crippen LogP contribution in [0.3, 0.4) is 0 Å². The predicted octanol–water partition coefficient (Wildman–Crippen LogP) is 3.37. The van der Waals surface area contributed by atoms with Crippen LogP contribution in [0.15, 0.2) is 68.6 Å². The lowest BCUT2D eigenvalue weighted by molar-refractivity contribution is 0.474. The number of nitrogens with zero attached hydrogens (tertiary/aromatic N) is 2. The first-order valence-electron chi connectivity index (χ1n) is 8.76. The minimum atomic E-state index is -3.88. The van der Waals surface area contributed by atoms with Crippen LogP contribution in [-0.2, 0) is 19.9 Å². The number of hydrogen-bond donors (Lipinski definition) is 3. The van der Waals surface area contributed by atoms with E-state index in [9.17, 15) is 27.0 Å². The zero-order valence-electron chi connectivity index (χ0n) is 16.1. The van der Waals surface area contributed by atoms with E-state index in [1.165, 1.54) is 44.3 Å². The Bertz CT molecular complexity index is 1370. The third-order valence-corrected chi connectivity index (χ3v) is 7.65. The molecule has 3 aromatic rings. The number of aromatic hydroxyl groups is 2. The Morgan fingerprint density at radius 1 is 0.933 bits per heavy atom. The molecule has 9 nitrogen and oxygen atoms in total. The van der Waals surface area contributed by atoms with Crippen LogP contribution in [0.25, 0.3) is 10.8 Å². The van der Waals surface area contributed by atoms with E-state index in [0.29, 0.717) is 5.39 Å². The summed E-state index contributed by atoms with van der Waals surface area (Å²) in [5.41, 5.74) is -0.278. The van der Waals surface area contributed by atoms with Gasteiger partial charge in [0.2, 0.25) is 10.0 Å². The molecule has 0 bridgehead atoms. The smallest absolute Gasteiger partial charge is 0.241 e. The molecule has 0 spiro atoms. The summed E-state index contributed by atoms with van der Waals surface area (Å²) in [5, 5.41) is 28.8. The first-order valence-corrected chi connectivity index (χ1v) is 11.9. The molecule has 0 saturated heterocycles. The molecule has 0 amide bonds. The molecule has 3 aromatic carbocycles. The number of benzene rings is 3. The highest BCUT2D eigenvalue weighted by atomic mass is 32.2. The Morgan fingerprint density at radius 3 is 2.30 bits per heavy atom. The van der Waals surface area contributed by atoms with Crippen molar-refractivity contribution in [3.8, 4) is 11.5 Å². The molecular weight excluding hydrogens is 430 g/mol. The van der Waals surface area contributed by atoms with E-state index in [1.54, 1.807) is 12.1 Å². The van der Waals surface area contributed by atoms with Crippen LogP contribution in [-0.4, -0.2) is 39.8 Å². The van der Waals surface area contributed by atoms with E-state index in [-0.39, 0.29) is 43.8 Å². The number of nitrogens with one attached hydrogen (secondary N) is 1. The number of sulfonamides is 1. The second kappa shape index (κ2) is 8.01. The lowest BCUT2D eigenvalue weighted by Crippen LogP contribution is -2.18. The molecule has 3 N–H and O–H groups in total. The van der Waals surface area contributed by atoms with Gasteiger partial charge in [0.15, 0.2) is 9.84 Å². The Balaban J connectivity index is 2.24. The minimum absolute atomic E-state index is 0.0441. The van der Waals surface area contributed by atoms with Crippen LogP contribution in [0.1, 0.15) is 6.92 Å². The Hall–Kier alpha value is -3.02. The van der Waals surface area contributed by atoms with Gasteiger partial charge in [-0.2, -0.15) is 0 Å². The quantitative estimate of drug-likeness (QED) is 0.492. The molecule has 0 atom stereocenters. The largest absolute Gasteiger partial charge is 0.506 e. The van der Waals surface area contributed by atoms with E-state index in [1.807, 2.05) is 0 Å². The number of phenols is 2. The topological polar surface area (TPSA) is 145 Å². The monoisotopic (exact) mass is 449 g/mol. The summed E-state index contributed by atoms with van der Waals surface area (Å²) < 4.78 is 51.2. The molecule has 158 valence electrons. The molecule has 0 aliphatic rings. The number of phenolic OH excluding ortho intramolecular Hbond substituents is 2. The van der Waals surface area contributed by atoms with Crippen molar-refractivity contribution in [1.29, 1.82) is 0 Å². The number of sulfone groups is 1. The summed E-state index contributed by atoms with van der Waals surface area (Å²) in [6.45, 7) is 1.49. The molecule has 0 aliphatic heterocycles. The van der Waals surface area contributed by atoms with Gasteiger partial charge in [0, 0.05) is 5.39 Å². The van der Waals surface area contributed by atoms with Crippen LogP contribution in [0.4, 0.5) is 11.4 Å². The average Bonchev–Trinajstić information content (AvgIpc) is 2.73. The third-order valence-electron chi connectivity index (χ3n) is 4.46. The van der Waals surface area contributed by atoms with Gasteiger partial charge >= 0.3 is 0 Å². The van der Waals surface area contributed by atoms with Crippen molar-refractivity contribution in [3.63, 3.8) is 0 Å². The van der Waals surface area contributed by atoms with Gasteiger partial charge in [0.05, 0.1) is 15.5 Å². The van der Waals surface area contributed by atoms with E-state index in [0.717, 1.165) is 6.07 Å². The summed E-state index contributed by atoms with van der Waals surface area (Å²) in [6.07, 6.45) is 0. The Kier molecular flexibility index (Phi) is 5.79. The minimum Gasteiger partial charge on any atom is -0.506 e. The van der Waals surface area contributed by atoms with Gasteiger partial charge in [-0.15, -0.1) is 10.2 Å². The molecule has 0 aromatic heterocycles. The number of azo groups is 1. The van der Waals surface area contributed by atoms with Crippen LogP contribution in [0.5, 0.6) is 11.5 Å². The summed E-state index contributed by atoms with van der Waals surface area (Å²) in [4.78, 5) is -0.156. The Labute approximate surface area is 173 Å². The normalized spacial score (nSPS) is 12.6. The summed E-state index contributed by atoms with van der Waals surface area (Å²) in [7, 11) is -6.16. The van der Waals surface area contributed by atoms with E-state index >= 15 is 0 Å². The first kappa shape index (κ1) is 21.7. The third kappa shape index (κ3) is 3.99. The lowest BCUT2D eigenvalue weighted by atomic mass is 10.1. The van der Waals surface area contributed by atoms with Gasteiger partial charge in [0.1, 0.15) is 22.9 Å². The average molecular weight is 450 g/mol. The molecule has 3 rings (SSSR count). The molecule has 30 heavy (non-hydrogen) atoms.